The van der Waals surface area contributed by atoms with Gasteiger partial charge in [-0.2, -0.15) is 0 Å². The van der Waals surface area contributed by atoms with E-state index in [4.69, 9.17) is 0 Å². The van der Waals surface area contributed by atoms with Gasteiger partial charge in [-0.3, -0.25) is 0 Å². The van der Waals surface area contributed by atoms with Crippen molar-refractivity contribution in [3.8, 4) is 0 Å². The summed E-state index contributed by atoms with van der Waals surface area (Å²) in [6.07, 6.45) is 28.7. The molecule has 0 saturated heterocycles. The Morgan fingerprint density at radius 1 is 0.444 bits per heavy atom. The van der Waals surface area contributed by atoms with Gasteiger partial charge in [0.05, 0.1) is 0 Å². The van der Waals surface area contributed by atoms with Gasteiger partial charge >= 0.3 is 0 Å². The molecule has 0 amide bonds. The van der Waals surface area contributed by atoms with Crippen molar-refractivity contribution in [3.05, 3.63) is 12.2 Å². The first-order chi connectivity index (χ1) is 13.1. The lowest BCUT2D eigenvalue weighted by atomic mass is 9.91. The van der Waals surface area contributed by atoms with Gasteiger partial charge in [-0.15, -0.1) is 0 Å². The van der Waals surface area contributed by atoms with Crippen LogP contribution in [0, 0.1) is 17.8 Å². The number of rotatable bonds is 20. The Hall–Kier alpha value is -0.260. The lowest BCUT2D eigenvalue weighted by molar-refractivity contribution is 0.385. The molecule has 27 heavy (non-hydrogen) atoms. The lowest BCUT2D eigenvalue weighted by Gasteiger charge is -2.15. The topological polar surface area (TPSA) is 0 Å². The van der Waals surface area contributed by atoms with Crippen molar-refractivity contribution >= 4 is 0 Å². The second-order valence-corrected chi connectivity index (χ2v) is 9.57. The molecule has 0 aromatic carbocycles. The van der Waals surface area contributed by atoms with E-state index >= 15 is 0 Å². The molecule has 0 aromatic rings. The molecule has 0 fully saturated rings. The van der Waals surface area contributed by atoms with E-state index < -0.39 is 0 Å². The van der Waals surface area contributed by atoms with Crippen LogP contribution in [0.15, 0.2) is 12.2 Å². The highest BCUT2D eigenvalue weighted by Gasteiger charge is 2.06. The smallest absolute Gasteiger partial charge is 0.0351 e. The number of allylic oxidation sites excluding steroid dienone is 2. The van der Waals surface area contributed by atoms with Gasteiger partial charge < -0.3 is 0 Å². The summed E-state index contributed by atoms with van der Waals surface area (Å²) in [6, 6.07) is 0. The maximum Gasteiger partial charge on any atom is -0.0351 e. The van der Waals surface area contributed by atoms with Gasteiger partial charge in [0.15, 0.2) is 0 Å². The molecule has 0 spiro atoms. The van der Waals surface area contributed by atoms with Crippen LogP contribution in [-0.2, 0) is 0 Å². The zero-order chi connectivity index (χ0) is 20.2. The number of unbranched alkanes of at least 4 members (excludes halogenated alkanes) is 6. The van der Waals surface area contributed by atoms with Crippen molar-refractivity contribution in [1.29, 1.82) is 0 Å². The van der Waals surface area contributed by atoms with Crippen molar-refractivity contribution in [2.75, 3.05) is 0 Å². The molecule has 0 N–H and O–H groups in total. The van der Waals surface area contributed by atoms with Crippen LogP contribution >= 0.6 is 0 Å². The molecule has 0 aliphatic heterocycles. The molecule has 3 unspecified atom stereocenters. The van der Waals surface area contributed by atoms with Crippen LogP contribution in [0.4, 0.5) is 0 Å². The van der Waals surface area contributed by atoms with Gasteiger partial charge in [0.2, 0.25) is 0 Å². The summed E-state index contributed by atoms with van der Waals surface area (Å²) in [5.74, 6) is 2.83. The Kier molecular flexibility index (Phi) is 20.3. The van der Waals surface area contributed by atoms with Gasteiger partial charge in [0.1, 0.15) is 0 Å². The molecular weight excluding hydrogens is 324 g/mol. The first-order valence-electron chi connectivity index (χ1n) is 12.7. The van der Waals surface area contributed by atoms with E-state index in [9.17, 15) is 0 Å². The third kappa shape index (κ3) is 20.3. The van der Waals surface area contributed by atoms with Gasteiger partial charge in [-0.05, 0) is 37.0 Å². The fourth-order valence-corrected chi connectivity index (χ4v) is 4.24. The highest BCUT2D eigenvalue weighted by Crippen LogP contribution is 2.22. The summed E-state index contributed by atoms with van der Waals surface area (Å²) in [7, 11) is 0. The molecule has 0 bridgehead atoms. The molecule has 0 nitrogen and oxygen atoms in total. The van der Waals surface area contributed by atoms with E-state index in [0.717, 1.165) is 17.8 Å². The van der Waals surface area contributed by atoms with Crippen LogP contribution in [0.3, 0.4) is 0 Å². The Bertz CT molecular complexity index is 303. The van der Waals surface area contributed by atoms with Crippen molar-refractivity contribution in [1.82, 2.24) is 0 Å². The third-order valence-electron chi connectivity index (χ3n) is 6.26. The molecule has 0 aliphatic carbocycles. The predicted octanol–water partition coefficient (Wildman–Crippen LogP) is 10.1. The average molecular weight is 379 g/mol. The molecule has 3 atom stereocenters. The molecule has 0 aromatic heterocycles. The predicted molar refractivity (Wildman–Crippen MR) is 126 cm³/mol. The van der Waals surface area contributed by atoms with Crippen molar-refractivity contribution in [3.63, 3.8) is 0 Å². The Morgan fingerprint density at radius 3 is 1.44 bits per heavy atom. The maximum absolute atomic E-state index is 2.48. The zero-order valence-electron chi connectivity index (χ0n) is 19.9. The normalized spacial score (nSPS) is 15.3. The van der Waals surface area contributed by atoms with E-state index in [1.807, 2.05) is 0 Å². The van der Waals surface area contributed by atoms with Gasteiger partial charge in [0, 0.05) is 0 Å². The van der Waals surface area contributed by atoms with Crippen LogP contribution in [0.2, 0.25) is 0 Å². The van der Waals surface area contributed by atoms with E-state index in [1.54, 1.807) is 0 Å². The van der Waals surface area contributed by atoms with Crippen LogP contribution in [-0.4, -0.2) is 0 Å². The van der Waals surface area contributed by atoms with Gasteiger partial charge in [0.25, 0.3) is 0 Å². The fourth-order valence-electron chi connectivity index (χ4n) is 4.24. The largest absolute Gasteiger partial charge is 0.0885 e. The van der Waals surface area contributed by atoms with Crippen molar-refractivity contribution < 1.29 is 0 Å². The minimum Gasteiger partial charge on any atom is -0.0885 e. The maximum atomic E-state index is 2.48. The lowest BCUT2D eigenvalue weighted by Crippen LogP contribution is -2.00. The summed E-state index contributed by atoms with van der Waals surface area (Å²) < 4.78 is 0. The van der Waals surface area contributed by atoms with E-state index in [1.165, 1.54) is 109 Å². The van der Waals surface area contributed by atoms with E-state index in [2.05, 4.69) is 46.8 Å². The summed E-state index contributed by atoms with van der Waals surface area (Å²) >= 11 is 0. The zero-order valence-corrected chi connectivity index (χ0v) is 19.9. The molecule has 0 aliphatic rings. The van der Waals surface area contributed by atoms with Crippen LogP contribution in [0.1, 0.15) is 144 Å². The minimum atomic E-state index is 0.944. The number of hydrogen-bond acceptors (Lipinski definition) is 0. The summed E-state index contributed by atoms with van der Waals surface area (Å²) in [4.78, 5) is 0. The molecule has 0 heterocycles. The molecule has 0 saturated carbocycles. The van der Waals surface area contributed by atoms with Crippen molar-refractivity contribution in [2.45, 2.75) is 144 Å². The summed E-state index contributed by atoms with van der Waals surface area (Å²) in [5, 5.41) is 0. The standard InChI is InChI=1S/C27H54/c1-6-8-9-10-11-12-13-14-15-20-26(4)21-16-17-22-27(5)24-18-23-25(3)19-7-2/h9-10,25-27H,6-8,11-24H2,1-5H3/b10-9+. The highest BCUT2D eigenvalue weighted by atomic mass is 14.1. The average Bonchev–Trinajstić information content (AvgIpc) is 2.64. The van der Waals surface area contributed by atoms with Gasteiger partial charge in [-0.25, -0.2) is 0 Å². The van der Waals surface area contributed by atoms with Crippen LogP contribution in [0.25, 0.3) is 0 Å². The Balaban J connectivity index is 3.39. The van der Waals surface area contributed by atoms with Crippen LogP contribution in [0.5, 0.6) is 0 Å². The molecule has 0 radical (unpaired) electrons. The second kappa shape index (κ2) is 20.5. The first kappa shape index (κ1) is 26.7. The van der Waals surface area contributed by atoms with E-state index in [-0.39, 0.29) is 0 Å². The van der Waals surface area contributed by atoms with Gasteiger partial charge in [-0.1, -0.05) is 137 Å². The van der Waals surface area contributed by atoms with Crippen molar-refractivity contribution in [2.24, 2.45) is 17.8 Å². The van der Waals surface area contributed by atoms with Crippen LogP contribution < -0.4 is 0 Å². The second-order valence-electron chi connectivity index (χ2n) is 9.57. The fraction of sp³-hybridized carbons (Fsp3) is 0.926. The molecule has 0 heteroatoms. The Labute approximate surface area is 174 Å². The third-order valence-corrected chi connectivity index (χ3v) is 6.26. The molecule has 0 rings (SSSR count). The minimum absolute atomic E-state index is 0.944. The highest BCUT2D eigenvalue weighted by molar-refractivity contribution is 4.80. The number of hydrogen-bond donors (Lipinski definition) is 0. The summed E-state index contributed by atoms with van der Waals surface area (Å²) in [5.41, 5.74) is 0. The van der Waals surface area contributed by atoms with E-state index in [0.29, 0.717) is 0 Å². The first-order valence-corrected chi connectivity index (χ1v) is 12.7. The SMILES string of the molecule is CCC/C=C/CCCCCCC(C)CCCCC(C)CCCC(C)CCC. The quantitative estimate of drug-likeness (QED) is 0.146. The monoisotopic (exact) mass is 378 g/mol. The molecular formula is C27H54. The summed E-state index contributed by atoms with van der Waals surface area (Å²) in [6.45, 7) is 12.0. The molecule has 162 valence electrons. The Morgan fingerprint density at radius 2 is 0.889 bits per heavy atom.